The van der Waals surface area contributed by atoms with Crippen LogP contribution in [0, 0.1) is 0 Å². The number of nitrogens with zero attached hydrogens (tertiary/aromatic N) is 1. The summed E-state index contributed by atoms with van der Waals surface area (Å²) in [5.74, 6) is 0.250. The van der Waals surface area contributed by atoms with Crippen molar-refractivity contribution >= 4 is 11.6 Å². The van der Waals surface area contributed by atoms with Crippen LogP contribution in [0.5, 0.6) is 5.75 Å². The van der Waals surface area contributed by atoms with Gasteiger partial charge in [-0.1, -0.05) is 6.07 Å². The van der Waals surface area contributed by atoms with Gasteiger partial charge in [-0.3, -0.25) is 4.79 Å². The van der Waals surface area contributed by atoms with Crippen molar-refractivity contribution in [2.75, 3.05) is 33.5 Å². The zero-order valence-electron chi connectivity index (χ0n) is 11.4. The van der Waals surface area contributed by atoms with Crippen LogP contribution < -0.4 is 15.8 Å². The van der Waals surface area contributed by atoms with Gasteiger partial charge in [-0.15, -0.1) is 0 Å². The van der Waals surface area contributed by atoms with Gasteiger partial charge in [0, 0.05) is 12.6 Å². The van der Waals surface area contributed by atoms with E-state index in [1.807, 2.05) is 25.9 Å². The number of likely N-dealkylation sites (N-methyl/N-ethyl adjacent to an activating group) is 1. The van der Waals surface area contributed by atoms with Crippen LogP contribution in [-0.4, -0.2) is 44.6 Å². The third-order valence-corrected chi connectivity index (χ3v) is 2.93. The molecule has 1 rings (SSSR count). The Morgan fingerprint density at radius 3 is 2.72 bits per heavy atom. The van der Waals surface area contributed by atoms with Gasteiger partial charge in [0.2, 0.25) is 0 Å². The van der Waals surface area contributed by atoms with Gasteiger partial charge in [-0.25, -0.2) is 0 Å². The lowest BCUT2D eigenvalue weighted by atomic mass is 10.1. The second kappa shape index (κ2) is 6.26. The summed E-state index contributed by atoms with van der Waals surface area (Å²) in [4.78, 5) is 14.1. The van der Waals surface area contributed by atoms with E-state index in [2.05, 4.69) is 5.32 Å². The molecular formula is C13H21N3O2. The van der Waals surface area contributed by atoms with Crippen molar-refractivity contribution in [2.24, 2.45) is 0 Å². The molecule has 5 nitrogen and oxygen atoms in total. The van der Waals surface area contributed by atoms with Crippen LogP contribution in [0.3, 0.4) is 0 Å². The van der Waals surface area contributed by atoms with Crippen molar-refractivity contribution in [2.45, 2.75) is 13.0 Å². The normalized spacial score (nSPS) is 12.3. The highest BCUT2D eigenvalue weighted by molar-refractivity contribution is 5.98. The van der Waals surface area contributed by atoms with Gasteiger partial charge >= 0.3 is 0 Å². The molecule has 0 fully saturated rings. The van der Waals surface area contributed by atoms with Gasteiger partial charge in [0.15, 0.2) is 5.75 Å². The molecule has 5 heteroatoms. The lowest BCUT2D eigenvalue weighted by molar-refractivity contribution is 0.0940. The minimum Gasteiger partial charge on any atom is -0.494 e. The summed E-state index contributed by atoms with van der Waals surface area (Å²) < 4.78 is 5.16. The van der Waals surface area contributed by atoms with Gasteiger partial charge < -0.3 is 20.7 Å². The molecule has 3 N–H and O–H groups in total. The molecule has 1 aromatic carbocycles. The smallest absolute Gasteiger partial charge is 0.255 e. The van der Waals surface area contributed by atoms with Gasteiger partial charge in [-0.05, 0) is 33.2 Å². The monoisotopic (exact) mass is 251 g/mol. The van der Waals surface area contributed by atoms with E-state index in [-0.39, 0.29) is 11.9 Å². The lowest BCUT2D eigenvalue weighted by Gasteiger charge is -2.20. The van der Waals surface area contributed by atoms with Crippen molar-refractivity contribution < 1.29 is 9.53 Å². The van der Waals surface area contributed by atoms with Crippen LogP contribution in [0.2, 0.25) is 0 Å². The fraction of sp³-hybridized carbons (Fsp3) is 0.462. The third-order valence-electron chi connectivity index (χ3n) is 2.93. The highest BCUT2D eigenvalue weighted by atomic mass is 16.5. The number of rotatable bonds is 5. The van der Waals surface area contributed by atoms with Crippen molar-refractivity contribution in [3.05, 3.63) is 23.8 Å². The summed E-state index contributed by atoms with van der Waals surface area (Å²) in [5.41, 5.74) is 6.69. The molecule has 100 valence electrons. The number of methoxy groups -OCH3 is 1. The van der Waals surface area contributed by atoms with Crippen LogP contribution >= 0.6 is 0 Å². The molecule has 0 spiro atoms. The van der Waals surface area contributed by atoms with Crippen LogP contribution in [0.15, 0.2) is 18.2 Å². The topological polar surface area (TPSA) is 67.6 Å². The number of carbonyl (C=O) groups is 1. The van der Waals surface area contributed by atoms with Crippen LogP contribution in [0.1, 0.15) is 17.3 Å². The second-order valence-corrected chi connectivity index (χ2v) is 4.45. The minimum atomic E-state index is -0.173. The maximum absolute atomic E-state index is 12.0. The number of benzene rings is 1. The quantitative estimate of drug-likeness (QED) is 0.765. The maximum Gasteiger partial charge on any atom is 0.255 e. The van der Waals surface area contributed by atoms with Crippen molar-refractivity contribution in [3.63, 3.8) is 0 Å². The van der Waals surface area contributed by atoms with Crippen LogP contribution in [0.25, 0.3) is 0 Å². The van der Waals surface area contributed by atoms with Crippen molar-refractivity contribution in [1.29, 1.82) is 0 Å². The van der Waals surface area contributed by atoms with E-state index < -0.39 is 0 Å². The van der Waals surface area contributed by atoms with E-state index in [4.69, 9.17) is 10.5 Å². The Balaban J connectivity index is 2.76. The molecule has 0 bridgehead atoms. The molecule has 0 heterocycles. The average Bonchev–Trinajstić information content (AvgIpc) is 2.34. The molecule has 0 saturated carbocycles. The molecule has 18 heavy (non-hydrogen) atoms. The van der Waals surface area contributed by atoms with E-state index >= 15 is 0 Å². The summed E-state index contributed by atoms with van der Waals surface area (Å²) in [6, 6.07) is 5.41. The fourth-order valence-electron chi connectivity index (χ4n) is 1.48. The Bertz CT molecular complexity index is 419. The molecule has 1 aromatic rings. The number of para-hydroxylation sites is 1. The predicted molar refractivity (Wildman–Crippen MR) is 72.9 cm³/mol. The van der Waals surface area contributed by atoms with Gasteiger partial charge in [-0.2, -0.15) is 0 Å². The summed E-state index contributed by atoms with van der Waals surface area (Å²) in [6.45, 7) is 2.61. The minimum absolute atomic E-state index is 0.173. The summed E-state index contributed by atoms with van der Waals surface area (Å²) in [5, 5.41) is 2.87. The Labute approximate surface area is 108 Å². The van der Waals surface area contributed by atoms with Gasteiger partial charge in [0.05, 0.1) is 18.4 Å². The van der Waals surface area contributed by atoms with E-state index in [1.165, 1.54) is 7.11 Å². The first-order valence-electron chi connectivity index (χ1n) is 5.84. The summed E-state index contributed by atoms with van der Waals surface area (Å²) in [7, 11) is 5.45. The standard InChI is InChI=1S/C13H21N3O2/c1-9(16(2)3)8-15-13(17)10-6-5-7-11(14)12(10)18-4/h5-7,9H,8,14H2,1-4H3,(H,15,17). The number of carbonyl (C=O) groups excluding carboxylic acids is 1. The number of amides is 1. The van der Waals surface area contributed by atoms with Gasteiger partial charge in [0.1, 0.15) is 0 Å². The largest absolute Gasteiger partial charge is 0.494 e. The first kappa shape index (κ1) is 14.3. The predicted octanol–water partition coefficient (Wildman–Crippen LogP) is 0.957. The van der Waals surface area contributed by atoms with Crippen LogP contribution in [0.4, 0.5) is 5.69 Å². The zero-order valence-corrected chi connectivity index (χ0v) is 11.4. The molecule has 0 aliphatic rings. The second-order valence-electron chi connectivity index (χ2n) is 4.45. The molecular weight excluding hydrogens is 230 g/mol. The first-order chi connectivity index (χ1) is 8.47. The first-order valence-corrected chi connectivity index (χ1v) is 5.84. The number of nitrogens with two attached hydrogens (primary N) is 1. The molecule has 1 atom stereocenters. The number of ether oxygens (including phenoxy) is 1. The number of nitrogen functional groups attached to an aromatic ring is 1. The number of hydrogen-bond acceptors (Lipinski definition) is 4. The average molecular weight is 251 g/mol. The Kier molecular flexibility index (Phi) is 4.97. The molecule has 1 amide bonds. The van der Waals surface area contributed by atoms with E-state index in [0.717, 1.165) is 0 Å². The lowest BCUT2D eigenvalue weighted by Crippen LogP contribution is -2.38. The maximum atomic E-state index is 12.0. The van der Waals surface area contributed by atoms with Crippen molar-refractivity contribution in [1.82, 2.24) is 10.2 Å². The van der Waals surface area contributed by atoms with Crippen molar-refractivity contribution in [3.8, 4) is 5.75 Å². The molecule has 1 unspecified atom stereocenters. The molecule has 0 saturated heterocycles. The summed E-state index contributed by atoms with van der Waals surface area (Å²) >= 11 is 0. The van der Waals surface area contributed by atoms with Gasteiger partial charge in [0.25, 0.3) is 5.91 Å². The molecule has 0 aliphatic carbocycles. The molecule has 0 aromatic heterocycles. The molecule has 0 aliphatic heterocycles. The Morgan fingerprint density at radius 2 is 2.17 bits per heavy atom. The highest BCUT2D eigenvalue weighted by Crippen LogP contribution is 2.25. The third kappa shape index (κ3) is 3.37. The van der Waals surface area contributed by atoms with E-state index in [0.29, 0.717) is 23.5 Å². The van der Waals surface area contributed by atoms with E-state index in [9.17, 15) is 4.79 Å². The SMILES string of the molecule is COc1c(N)cccc1C(=O)NCC(C)N(C)C. The number of nitrogens with one attached hydrogen (secondary N) is 1. The zero-order chi connectivity index (χ0) is 13.7. The van der Waals surface area contributed by atoms with Crippen LogP contribution in [-0.2, 0) is 0 Å². The summed E-state index contributed by atoms with van der Waals surface area (Å²) in [6.07, 6.45) is 0. The van der Waals surface area contributed by atoms with E-state index in [1.54, 1.807) is 18.2 Å². The number of hydrogen-bond donors (Lipinski definition) is 2. The molecule has 0 radical (unpaired) electrons. The number of anilines is 1. The fourth-order valence-corrected chi connectivity index (χ4v) is 1.48. The highest BCUT2D eigenvalue weighted by Gasteiger charge is 2.15. The Morgan fingerprint density at radius 1 is 1.50 bits per heavy atom. The Hall–Kier alpha value is -1.75.